The fraction of sp³-hybridized carbons (Fsp3) is 0.455. The minimum atomic E-state index is 0. The minimum Gasteiger partial charge on any atom is -0.314 e. The van der Waals surface area contributed by atoms with Gasteiger partial charge in [-0.1, -0.05) is 6.08 Å². The molecule has 98 valence electrons. The zero-order valence-electron chi connectivity index (χ0n) is 9.39. The summed E-state index contributed by atoms with van der Waals surface area (Å²) in [6.45, 7) is 8.32. The van der Waals surface area contributed by atoms with Crippen molar-refractivity contribution in [3.05, 3.63) is 33.5 Å². The fourth-order valence-electron chi connectivity index (χ4n) is 1.89. The van der Waals surface area contributed by atoms with Crippen molar-refractivity contribution >= 4 is 52.1 Å². The molecular formula is C11H17BrCl2N2S. The second-order valence-electron chi connectivity index (χ2n) is 3.63. The lowest BCUT2D eigenvalue weighted by Crippen LogP contribution is -2.44. The molecule has 0 aliphatic carbocycles. The fourth-order valence-corrected chi connectivity index (χ4v) is 3.46. The summed E-state index contributed by atoms with van der Waals surface area (Å²) in [6.07, 6.45) is 2.05. The maximum Gasteiger partial charge on any atom is 0.0624 e. The maximum absolute atomic E-state index is 3.95. The monoisotopic (exact) mass is 358 g/mol. The molecule has 1 aromatic rings. The summed E-state index contributed by atoms with van der Waals surface area (Å²) in [6, 6.07) is 2.57. The van der Waals surface area contributed by atoms with E-state index in [1.165, 1.54) is 9.35 Å². The van der Waals surface area contributed by atoms with Crippen LogP contribution in [0, 0.1) is 0 Å². The van der Waals surface area contributed by atoms with Crippen LogP contribution in [0.25, 0.3) is 0 Å². The van der Waals surface area contributed by atoms with Gasteiger partial charge in [-0.25, -0.2) is 0 Å². The van der Waals surface area contributed by atoms with Crippen LogP contribution in [-0.4, -0.2) is 31.1 Å². The molecule has 0 bridgehead atoms. The number of halogens is 3. The summed E-state index contributed by atoms with van der Waals surface area (Å²) in [5.41, 5.74) is 0. The van der Waals surface area contributed by atoms with Crippen molar-refractivity contribution in [3.63, 3.8) is 0 Å². The van der Waals surface area contributed by atoms with E-state index in [-0.39, 0.29) is 24.8 Å². The average Bonchev–Trinajstić information content (AvgIpc) is 2.68. The molecule has 1 aromatic heterocycles. The number of piperazine rings is 1. The Morgan fingerprint density at radius 1 is 1.41 bits per heavy atom. The Morgan fingerprint density at radius 3 is 2.53 bits per heavy atom. The van der Waals surface area contributed by atoms with E-state index in [1.54, 1.807) is 11.3 Å². The molecule has 2 rings (SSSR count). The van der Waals surface area contributed by atoms with Gasteiger partial charge in [0, 0.05) is 40.9 Å². The van der Waals surface area contributed by atoms with E-state index in [0.29, 0.717) is 6.04 Å². The van der Waals surface area contributed by atoms with Gasteiger partial charge in [0.05, 0.1) is 6.04 Å². The molecule has 1 saturated heterocycles. The van der Waals surface area contributed by atoms with Crippen molar-refractivity contribution in [2.45, 2.75) is 6.04 Å². The van der Waals surface area contributed by atoms with Crippen molar-refractivity contribution in [2.75, 3.05) is 26.2 Å². The molecule has 1 atom stereocenters. The Kier molecular flexibility index (Phi) is 8.72. The molecule has 0 saturated carbocycles. The number of nitrogens with zero attached hydrogens (tertiary/aromatic N) is 1. The molecule has 0 amide bonds. The first-order valence-corrected chi connectivity index (χ1v) is 6.80. The third kappa shape index (κ3) is 4.54. The Morgan fingerprint density at radius 2 is 2.06 bits per heavy atom. The van der Waals surface area contributed by atoms with Gasteiger partial charge in [-0.3, -0.25) is 4.90 Å². The van der Waals surface area contributed by atoms with E-state index in [2.05, 4.69) is 44.2 Å². The number of rotatable bonds is 3. The molecule has 1 aliphatic rings. The quantitative estimate of drug-likeness (QED) is 0.831. The highest BCUT2D eigenvalue weighted by molar-refractivity contribution is 9.10. The first-order chi connectivity index (χ1) is 7.31. The lowest BCUT2D eigenvalue weighted by Gasteiger charge is -2.32. The van der Waals surface area contributed by atoms with Crippen LogP contribution in [0.5, 0.6) is 0 Å². The molecule has 0 aromatic carbocycles. The van der Waals surface area contributed by atoms with Gasteiger partial charge in [-0.05, 0) is 22.0 Å². The summed E-state index contributed by atoms with van der Waals surface area (Å²) < 4.78 is 1.17. The number of thiophene rings is 1. The predicted octanol–water partition coefficient (Wildman–Crippen LogP) is 3.49. The molecule has 6 heteroatoms. The standard InChI is InChI=1S/C11H15BrN2S.2ClH/c1-2-10(11-7-9(12)8-15-11)14-5-3-13-4-6-14;;/h2,7-8,10,13H,1,3-6H2;2*1H/t10-;;/m0../s1. The SMILES string of the molecule is C=C[C@@H](c1cc(Br)cs1)N1CCNCC1.Cl.Cl. The highest BCUT2D eigenvalue weighted by Crippen LogP contribution is 2.30. The molecule has 1 fully saturated rings. The largest absolute Gasteiger partial charge is 0.314 e. The van der Waals surface area contributed by atoms with E-state index in [1.807, 2.05) is 6.08 Å². The first-order valence-electron chi connectivity index (χ1n) is 5.12. The molecule has 17 heavy (non-hydrogen) atoms. The second kappa shape index (κ2) is 8.51. The number of hydrogen-bond donors (Lipinski definition) is 1. The smallest absolute Gasteiger partial charge is 0.0624 e. The Hall–Kier alpha value is 0.420. The van der Waals surface area contributed by atoms with Crippen LogP contribution in [0.3, 0.4) is 0 Å². The normalized spacial score (nSPS) is 17.7. The minimum absolute atomic E-state index is 0. The molecular weight excluding hydrogens is 343 g/mol. The summed E-state index contributed by atoms with van der Waals surface area (Å²) in [4.78, 5) is 3.85. The lowest BCUT2D eigenvalue weighted by molar-refractivity contribution is 0.206. The molecule has 2 heterocycles. The highest BCUT2D eigenvalue weighted by Gasteiger charge is 2.20. The molecule has 1 N–H and O–H groups in total. The van der Waals surface area contributed by atoms with Gasteiger partial charge in [0.15, 0.2) is 0 Å². The van der Waals surface area contributed by atoms with Crippen LogP contribution in [-0.2, 0) is 0 Å². The zero-order chi connectivity index (χ0) is 10.7. The van der Waals surface area contributed by atoms with Crippen molar-refractivity contribution in [1.82, 2.24) is 10.2 Å². The molecule has 1 aliphatic heterocycles. The lowest BCUT2D eigenvalue weighted by atomic mass is 10.2. The van der Waals surface area contributed by atoms with Crippen LogP contribution < -0.4 is 5.32 Å². The van der Waals surface area contributed by atoms with Gasteiger partial charge in [-0.2, -0.15) is 0 Å². The Labute approximate surface area is 127 Å². The topological polar surface area (TPSA) is 15.3 Å². The van der Waals surface area contributed by atoms with Crippen LogP contribution in [0.2, 0.25) is 0 Å². The van der Waals surface area contributed by atoms with Gasteiger partial charge >= 0.3 is 0 Å². The molecule has 0 unspecified atom stereocenters. The Balaban J connectivity index is 0.00000128. The predicted molar refractivity (Wildman–Crippen MR) is 83.9 cm³/mol. The van der Waals surface area contributed by atoms with Gasteiger partial charge in [0.2, 0.25) is 0 Å². The van der Waals surface area contributed by atoms with E-state index in [4.69, 9.17) is 0 Å². The van der Waals surface area contributed by atoms with Crippen molar-refractivity contribution in [2.24, 2.45) is 0 Å². The van der Waals surface area contributed by atoms with E-state index >= 15 is 0 Å². The zero-order valence-corrected chi connectivity index (χ0v) is 13.4. The van der Waals surface area contributed by atoms with Crippen molar-refractivity contribution in [1.29, 1.82) is 0 Å². The maximum atomic E-state index is 3.95. The number of hydrogen-bond acceptors (Lipinski definition) is 3. The van der Waals surface area contributed by atoms with Crippen LogP contribution in [0.15, 0.2) is 28.6 Å². The van der Waals surface area contributed by atoms with Gasteiger partial charge < -0.3 is 5.32 Å². The van der Waals surface area contributed by atoms with E-state index in [0.717, 1.165) is 26.2 Å². The van der Waals surface area contributed by atoms with Crippen molar-refractivity contribution in [3.8, 4) is 0 Å². The van der Waals surface area contributed by atoms with E-state index in [9.17, 15) is 0 Å². The highest BCUT2D eigenvalue weighted by atomic mass is 79.9. The van der Waals surface area contributed by atoms with Crippen LogP contribution in [0.4, 0.5) is 0 Å². The van der Waals surface area contributed by atoms with Crippen LogP contribution >= 0.6 is 52.1 Å². The van der Waals surface area contributed by atoms with Crippen LogP contribution in [0.1, 0.15) is 10.9 Å². The second-order valence-corrected chi connectivity index (χ2v) is 5.49. The third-order valence-corrected chi connectivity index (χ3v) is 4.41. The molecule has 0 spiro atoms. The van der Waals surface area contributed by atoms with E-state index < -0.39 is 0 Å². The summed E-state index contributed by atoms with van der Waals surface area (Å²) in [5.74, 6) is 0. The third-order valence-electron chi connectivity index (χ3n) is 2.65. The van der Waals surface area contributed by atoms with Gasteiger partial charge in [0.1, 0.15) is 0 Å². The van der Waals surface area contributed by atoms with Gasteiger partial charge in [0.25, 0.3) is 0 Å². The number of nitrogens with one attached hydrogen (secondary N) is 1. The average molecular weight is 360 g/mol. The molecule has 2 nitrogen and oxygen atoms in total. The first kappa shape index (κ1) is 17.4. The Bertz CT molecular complexity index is 340. The summed E-state index contributed by atoms with van der Waals surface area (Å²) >= 11 is 5.29. The molecule has 0 radical (unpaired) electrons. The summed E-state index contributed by atoms with van der Waals surface area (Å²) in [7, 11) is 0. The van der Waals surface area contributed by atoms with Crippen molar-refractivity contribution < 1.29 is 0 Å². The summed E-state index contributed by atoms with van der Waals surface area (Å²) in [5, 5.41) is 5.50. The van der Waals surface area contributed by atoms with Gasteiger partial charge in [-0.15, -0.1) is 42.7 Å².